The van der Waals surface area contributed by atoms with Crippen LogP contribution in [0.1, 0.15) is 32.6 Å². The Balaban J connectivity index is 1.99. The van der Waals surface area contributed by atoms with Crippen molar-refractivity contribution >= 4 is 5.78 Å². The van der Waals surface area contributed by atoms with Gasteiger partial charge in [-0.1, -0.05) is 13.3 Å². The van der Waals surface area contributed by atoms with Crippen LogP contribution in [-0.4, -0.2) is 5.78 Å². The second-order valence-electron chi connectivity index (χ2n) is 3.78. The molecule has 0 radical (unpaired) electrons. The Morgan fingerprint density at radius 2 is 2.30 bits per heavy atom. The van der Waals surface area contributed by atoms with Crippen LogP contribution in [0, 0.1) is 17.8 Å². The van der Waals surface area contributed by atoms with Gasteiger partial charge in [-0.25, -0.2) is 0 Å². The zero-order valence-corrected chi connectivity index (χ0v) is 6.47. The second kappa shape index (κ2) is 2.08. The van der Waals surface area contributed by atoms with E-state index >= 15 is 0 Å². The van der Waals surface area contributed by atoms with Gasteiger partial charge >= 0.3 is 0 Å². The summed E-state index contributed by atoms with van der Waals surface area (Å²) in [4.78, 5) is 11.0. The van der Waals surface area contributed by atoms with E-state index in [1.165, 1.54) is 19.3 Å². The van der Waals surface area contributed by atoms with E-state index in [-0.39, 0.29) is 0 Å². The molecule has 1 nitrogen and oxygen atoms in total. The van der Waals surface area contributed by atoms with E-state index in [0.29, 0.717) is 11.7 Å². The molecule has 2 aliphatic carbocycles. The van der Waals surface area contributed by atoms with Crippen LogP contribution in [-0.2, 0) is 4.79 Å². The molecule has 1 heteroatoms. The van der Waals surface area contributed by atoms with Crippen LogP contribution in [0.15, 0.2) is 0 Å². The smallest absolute Gasteiger partial charge is 0.136 e. The van der Waals surface area contributed by atoms with E-state index in [9.17, 15) is 4.79 Å². The summed E-state index contributed by atoms with van der Waals surface area (Å²) >= 11 is 0. The molecule has 2 unspecified atom stereocenters. The minimum absolute atomic E-state index is 0.505. The highest BCUT2D eigenvalue weighted by Crippen LogP contribution is 2.47. The molecule has 0 bridgehead atoms. The lowest BCUT2D eigenvalue weighted by molar-refractivity contribution is -0.132. The molecule has 0 N–H and O–H groups in total. The van der Waals surface area contributed by atoms with Crippen molar-refractivity contribution in [2.45, 2.75) is 32.6 Å². The van der Waals surface area contributed by atoms with Crippen LogP contribution in [0.5, 0.6) is 0 Å². The molecule has 2 fully saturated rings. The van der Waals surface area contributed by atoms with Crippen LogP contribution in [0.3, 0.4) is 0 Å². The summed E-state index contributed by atoms with van der Waals surface area (Å²) in [7, 11) is 0. The fourth-order valence-electron chi connectivity index (χ4n) is 2.44. The molecule has 0 saturated heterocycles. The number of ketones is 1. The van der Waals surface area contributed by atoms with E-state index in [1.54, 1.807) is 0 Å². The first-order valence-electron chi connectivity index (χ1n) is 4.34. The zero-order valence-electron chi connectivity index (χ0n) is 6.47. The maximum atomic E-state index is 11.0. The first kappa shape index (κ1) is 6.38. The van der Waals surface area contributed by atoms with Gasteiger partial charge in [0.15, 0.2) is 0 Å². The molecule has 56 valence electrons. The largest absolute Gasteiger partial charge is 0.299 e. The van der Waals surface area contributed by atoms with Gasteiger partial charge < -0.3 is 0 Å². The number of fused-ring (bicyclic) bond motifs is 1. The molecular weight excluding hydrogens is 124 g/mol. The summed E-state index contributed by atoms with van der Waals surface area (Å²) in [5.41, 5.74) is 0. The highest BCUT2D eigenvalue weighted by atomic mass is 16.1. The first-order valence-corrected chi connectivity index (χ1v) is 4.34. The summed E-state index contributed by atoms with van der Waals surface area (Å²) in [6, 6.07) is 0. The predicted molar refractivity (Wildman–Crippen MR) is 39.6 cm³/mol. The molecule has 10 heavy (non-hydrogen) atoms. The number of Topliss-reactive ketones (excluding diaryl/α,β-unsaturated/α-hetero) is 1. The highest BCUT2D eigenvalue weighted by Gasteiger charge is 2.45. The summed E-state index contributed by atoms with van der Waals surface area (Å²) in [6.45, 7) is 2.24. The molecule has 2 saturated carbocycles. The third kappa shape index (κ3) is 0.727. The van der Waals surface area contributed by atoms with Crippen LogP contribution in [0.2, 0.25) is 0 Å². The summed E-state index contributed by atoms with van der Waals surface area (Å²) in [5, 5.41) is 0. The fraction of sp³-hybridized carbons (Fsp3) is 0.889. The van der Waals surface area contributed by atoms with E-state index in [2.05, 4.69) is 6.92 Å². The van der Waals surface area contributed by atoms with Gasteiger partial charge in [-0.15, -0.1) is 0 Å². The van der Waals surface area contributed by atoms with Crippen molar-refractivity contribution in [1.29, 1.82) is 0 Å². The standard InChI is InChI=1S/C9H14O/c1-2-6-3-7-5-9(10)8(7)4-6/h6-8H,2-5H2,1H3/t6?,7-,8?/m1/s1. The van der Waals surface area contributed by atoms with Gasteiger partial charge in [0, 0.05) is 12.3 Å². The third-order valence-corrected chi connectivity index (χ3v) is 3.25. The SMILES string of the molecule is CCC1CC2C(=O)C[C@H]2C1. The molecule has 3 atom stereocenters. The zero-order chi connectivity index (χ0) is 7.14. The maximum absolute atomic E-state index is 11.0. The quantitative estimate of drug-likeness (QED) is 0.541. The Hall–Kier alpha value is -0.330. The Bertz CT molecular complexity index is 162. The van der Waals surface area contributed by atoms with E-state index in [0.717, 1.165) is 18.3 Å². The Kier molecular flexibility index (Phi) is 1.33. The van der Waals surface area contributed by atoms with Crippen LogP contribution in [0.4, 0.5) is 0 Å². The molecule has 0 spiro atoms. The van der Waals surface area contributed by atoms with Crippen molar-refractivity contribution in [3.8, 4) is 0 Å². The van der Waals surface area contributed by atoms with Crippen LogP contribution >= 0.6 is 0 Å². The molecule has 0 aliphatic heterocycles. The van der Waals surface area contributed by atoms with E-state index in [4.69, 9.17) is 0 Å². The van der Waals surface area contributed by atoms with E-state index < -0.39 is 0 Å². The normalized spacial score (nSPS) is 44.9. The molecule has 2 aliphatic rings. The van der Waals surface area contributed by atoms with Gasteiger partial charge in [0.2, 0.25) is 0 Å². The van der Waals surface area contributed by atoms with Crippen LogP contribution in [0.25, 0.3) is 0 Å². The fourth-order valence-corrected chi connectivity index (χ4v) is 2.44. The molecular formula is C9H14O. The van der Waals surface area contributed by atoms with Gasteiger partial charge in [0.1, 0.15) is 5.78 Å². The van der Waals surface area contributed by atoms with Crippen molar-refractivity contribution in [3.05, 3.63) is 0 Å². The van der Waals surface area contributed by atoms with Gasteiger partial charge in [0.05, 0.1) is 0 Å². The van der Waals surface area contributed by atoms with Crippen molar-refractivity contribution < 1.29 is 4.79 Å². The second-order valence-corrected chi connectivity index (χ2v) is 3.78. The number of hydrogen-bond donors (Lipinski definition) is 0. The number of hydrogen-bond acceptors (Lipinski definition) is 1. The van der Waals surface area contributed by atoms with Crippen molar-refractivity contribution in [3.63, 3.8) is 0 Å². The van der Waals surface area contributed by atoms with Crippen molar-refractivity contribution in [1.82, 2.24) is 0 Å². The van der Waals surface area contributed by atoms with Crippen molar-refractivity contribution in [2.24, 2.45) is 17.8 Å². The highest BCUT2D eigenvalue weighted by molar-refractivity contribution is 5.87. The molecule has 0 aromatic heterocycles. The molecule has 0 heterocycles. The molecule has 2 rings (SSSR count). The average Bonchev–Trinajstić information content (AvgIpc) is 2.26. The van der Waals surface area contributed by atoms with Crippen molar-refractivity contribution in [2.75, 3.05) is 0 Å². The Morgan fingerprint density at radius 1 is 1.50 bits per heavy atom. The third-order valence-electron chi connectivity index (χ3n) is 3.25. The lowest BCUT2D eigenvalue weighted by Gasteiger charge is -2.27. The van der Waals surface area contributed by atoms with Gasteiger partial charge in [-0.2, -0.15) is 0 Å². The minimum atomic E-state index is 0.505. The molecule has 0 aromatic rings. The number of carbonyl (C=O) groups excluding carboxylic acids is 1. The minimum Gasteiger partial charge on any atom is -0.299 e. The predicted octanol–water partition coefficient (Wildman–Crippen LogP) is 2.01. The van der Waals surface area contributed by atoms with E-state index in [1.807, 2.05) is 0 Å². The number of rotatable bonds is 1. The van der Waals surface area contributed by atoms with Crippen LogP contribution < -0.4 is 0 Å². The Morgan fingerprint density at radius 3 is 2.80 bits per heavy atom. The molecule has 0 aromatic carbocycles. The first-order chi connectivity index (χ1) is 4.81. The van der Waals surface area contributed by atoms with Gasteiger partial charge in [0.25, 0.3) is 0 Å². The molecule has 0 amide bonds. The van der Waals surface area contributed by atoms with Gasteiger partial charge in [-0.05, 0) is 24.7 Å². The lowest BCUT2D eigenvalue weighted by atomic mass is 9.75. The topological polar surface area (TPSA) is 17.1 Å². The number of carbonyl (C=O) groups is 1. The van der Waals surface area contributed by atoms with Gasteiger partial charge in [-0.3, -0.25) is 4.79 Å². The monoisotopic (exact) mass is 138 g/mol. The Labute approximate surface area is 61.8 Å². The summed E-state index contributed by atoms with van der Waals surface area (Å²) < 4.78 is 0. The lowest BCUT2D eigenvalue weighted by Crippen LogP contribution is -2.32. The summed E-state index contributed by atoms with van der Waals surface area (Å²) in [6.07, 6.45) is 4.73. The summed E-state index contributed by atoms with van der Waals surface area (Å²) in [5.74, 6) is 2.73. The average molecular weight is 138 g/mol. The maximum Gasteiger partial charge on any atom is 0.136 e.